The number of aryl methyl sites for hydroxylation is 2. The zero-order valence-corrected chi connectivity index (χ0v) is 29.2. The third-order valence-corrected chi connectivity index (χ3v) is 16.0. The summed E-state index contributed by atoms with van der Waals surface area (Å²) in [4.78, 5) is 0. The molecule has 1 aliphatic heterocycles. The highest BCUT2D eigenvalue weighted by atomic mass is 32.2. The summed E-state index contributed by atoms with van der Waals surface area (Å²) in [6, 6.07) is 24.2. The molecule has 0 unspecified atom stereocenters. The lowest BCUT2D eigenvalue weighted by Crippen LogP contribution is -2.66. The Hall–Kier alpha value is -3.01. The molecule has 4 rings (SSSR count). The van der Waals surface area contributed by atoms with Crippen LogP contribution in [0.3, 0.4) is 0 Å². The van der Waals surface area contributed by atoms with E-state index >= 15 is 0 Å². The molecule has 3 N–H and O–H groups in total. The second-order valence-electron chi connectivity index (χ2n) is 13.2. The van der Waals surface area contributed by atoms with Gasteiger partial charge in [-0.1, -0.05) is 100 Å². The normalized spacial score (nSPS) is 18.0. The molecular weight excluding hydrogens is 601 g/mol. The van der Waals surface area contributed by atoms with Crippen LogP contribution in [0.5, 0.6) is 5.75 Å². The molecule has 0 fully saturated rings. The number of phenolic OH excluding ortho intramolecular Hbond substituents is 1. The summed E-state index contributed by atoms with van der Waals surface area (Å²) in [6.07, 6.45) is 2.66. The average molecular weight is 649 g/mol. The van der Waals surface area contributed by atoms with Crippen LogP contribution in [0, 0.1) is 13.8 Å². The van der Waals surface area contributed by atoms with Crippen LogP contribution in [-0.2, 0) is 14.3 Å². The first kappa shape index (κ1) is 34.9. The minimum atomic E-state index is -3.71. The van der Waals surface area contributed by atoms with E-state index in [-0.39, 0.29) is 23.1 Å². The molecule has 0 radical (unpaired) electrons. The van der Waals surface area contributed by atoms with Crippen molar-refractivity contribution in [3.05, 3.63) is 106 Å². The number of allylic oxidation sites excluding steroid dienone is 1. The van der Waals surface area contributed by atoms with Crippen LogP contribution in [0.1, 0.15) is 63.6 Å². The van der Waals surface area contributed by atoms with Crippen LogP contribution in [0.4, 0.5) is 0 Å². The van der Waals surface area contributed by atoms with Crippen LogP contribution >= 0.6 is 0 Å². The summed E-state index contributed by atoms with van der Waals surface area (Å²) < 4.78 is 33.7. The quantitative estimate of drug-likeness (QED) is 0.174. The summed E-state index contributed by atoms with van der Waals surface area (Å²) in [5.74, 6) is 0.0450. The highest BCUT2D eigenvalue weighted by Crippen LogP contribution is 2.39. The summed E-state index contributed by atoms with van der Waals surface area (Å²) in [5.41, 5.74) is 4.60. The highest BCUT2D eigenvalue weighted by molar-refractivity contribution is 7.92. The van der Waals surface area contributed by atoms with Crippen molar-refractivity contribution in [3.63, 3.8) is 0 Å². The lowest BCUT2D eigenvalue weighted by atomic mass is 9.94. The maximum absolute atomic E-state index is 13.3. The largest absolute Gasteiger partial charge is 0.507 e. The highest BCUT2D eigenvalue weighted by Gasteiger charge is 2.51. The molecule has 0 bridgehead atoms. The predicted molar refractivity (Wildman–Crippen MR) is 186 cm³/mol. The van der Waals surface area contributed by atoms with Crippen molar-refractivity contribution in [1.82, 2.24) is 0 Å². The minimum Gasteiger partial charge on any atom is -0.507 e. The summed E-state index contributed by atoms with van der Waals surface area (Å²) >= 11 is 0. The smallest absolute Gasteiger partial charge is 0.261 e. The van der Waals surface area contributed by atoms with Gasteiger partial charge in [0.1, 0.15) is 11.0 Å². The molecule has 0 spiro atoms. The molecule has 0 aromatic heterocycles. The Balaban J connectivity index is 1.69. The average Bonchev–Trinajstić information content (AvgIpc) is 3.27. The number of aliphatic hydroxyl groups is 2. The first-order valence-corrected chi connectivity index (χ1v) is 19.3. The second-order valence-corrected chi connectivity index (χ2v) is 19.7. The number of hydrogen-bond donors (Lipinski definition) is 3. The molecule has 1 aliphatic rings. The van der Waals surface area contributed by atoms with Crippen molar-refractivity contribution in [1.29, 1.82) is 0 Å². The number of phenols is 1. The number of sulfone groups is 1. The molecule has 6 nitrogen and oxygen atoms in total. The fraction of sp³-hybridized carbons (Fsp3) is 0.405. The molecule has 3 aromatic carbocycles. The van der Waals surface area contributed by atoms with E-state index in [1.54, 1.807) is 0 Å². The Kier molecular flexibility index (Phi) is 11.0. The SMILES string of the molecule is CC/C(=C\c1cc(C)c(O)c(C)c1)CC[C@@H](O)C1=C(CO[Si](c2ccccc2)(c2ccccc2)C(C)(C)C)CS(=O)(=O)[C@H]1CO. The van der Waals surface area contributed by atoms with E-state index in [0.717, 1.165) is 39.1 Å². The van der Waals surface area contributed by atoms with Gasteiger partial charge in [0.2, 0.25) is 0 Å². The van der Waals surface area contributed by atoms with Gasteiger partial charge in [0.25, 0.3) is 8.32 Å². The van der Waals surface area contributed by atoms with Gasteiger partial charge in [0.05, 0.1) is 25.1 Å². The van der Waals surface area contributed by atoms with Crippen LogP contribution < -0.4 is 10.4 Å². The van der Waals surface area contributed by atoms with Crippen LogP contribution in [0.15, 0.2) is 89.5 Å². The Morgan fingerprint density at radius 2 is 1.53 bits per heavy atom. The molecule has 45 heavy (non-hydrogen) atoms. The lowest BCUT2D eigenvalue weighted by Gasteiger charge is -2.43. The van der Waals surface area contributed by atoms with Crippen molar-refractivity contribution in [2.45, 2.75) is 77.2 Å². The number of aromatic hydroxyl groups is 1. The molecule has 1 heterocycles. The van der Waals surface area contributed by atoms with Crippen LogP contribution in [-0.4, -0.2) is 62.4 Å². The zero-order valence-electron chi connectivity index (χ0n) is 27.4. The van der Waals surface area contributed by atoms with Crippen molar-refractivity contribution < 1.29 is 28.2 Å². The van der Waals surface area contributed by atoms with Gasteiger partial charge in [-0.15, -0.1) is 0 Å². The molecule has 8 heteroatoms. The van der Waals surface area contributed by atoms with Gasteiger partial charge in [0, 0.05) is 0 Å². The van der Waals surface area contributed by atoms with Gasteiger partial charge in [-0.25, -0.2) is 8.42 Å². The van der Waals surface area contributed by atoms with Gasteiger partial charge in [-0.05, 0) is 88.5 Å². The fourth-order valence-corrected chi connectivity index (χ4v) is 13.1. The van der Waals surface area contributed by atoms with E-state index in [9.17, 15) is 23.7 Å². The van der Waals surface area contributed by atoms with Gasteiger partial charge >= 0.3 is 0 Å². The molecular formula is C37H48O6SSi. The van der Waals surface area contributed by atoms with Crippen LogP contribution in [0.2, 0.25) is 5.04 Å². The maximum atomic E-state index is 13.3. The van der Waals surface area contributed by atoms with Gasteiger partial charge in [-0.2, -0.15) is 0 Å². The van der Waals surface area contributed by atoms with E-state index in [0.29, 0.717) is 24.0 Å². The molecule has 0 aliphatic carbocycles. The lowest BCUT2D eigenvalue weighted by molar-refractivity contribution is 0.186. The number of benzene rings is 3. The summed E-state index contributed by atoms with van der Waals surface area (Å²) in [5, 5.41) is 32.7. The standard InChI is InChI=1S/C37H48O6SSi/c1-7-28(22-29-20-26(2)36(40)27(3)21-29)18-19-33(39)35-30(25-44(41,42)34(35)23-38)24-43-45(37(4,5)6,31-14-10-8-11-15-31)32-16-12-9-13-17-32/h8-17,20-22,33-34,38-40H,7,18-19,23-25H2,1-6H3/b28-22+/t33-,34+/m1/s1. The first-order chi connectivity index (χ1) is 21.2. The van der Waals surface area contributed by atoms with Crippen molar-refractivity contribution in [3.8, 4) is 5.75 Å². The third kappa shape index (κ3) is 7.36. The Morgan fingerprint density at radius 1 is 1.00 bits per heavy atom. The van der Waals surface area contributed by atoms with Gasteiger partial charge in [-0.3, -0.25) is 0 Å². The Labute approximate surface area is 270 Å². The molecule has 2 atom stereocenters. The second kappa shape index (κ2) is 14.2. The fourth-order valence-electron chi connectivity index (χ4n) is 6.73. The molecule has 242 valence electrons. The van der Waals surface area contributed by atoms with Gasteiger partial charge < -0.3 is 19.7 Å². The first-order valence-electron chi connectivity index (χ1n) is 15.7. The zero-order chi connectivity index (χ0) is 33.0. The monoisotopic (exact) mass is 648 g/mol. The maximum Gasteiger partial charge on any atom is 0.261 e. The van der Waals surface area contributed by atoms with E-state index in [1.807, 2.05) is 62.4 Å². The van der Waals surface area contributed by atoms with Crippen molar-refractivity contribution in [2.24, 2.45) is 0 Å². The molecule has 0 saturated carbocycles. The van der Waals surface area contributed by atoms with Gasteiger partial charge in [0.15, 0.2) is 9.84 Å². The topological polar surface area (TPSA) is 104 Å². The van der Waals surface area contributed by atoms with E-state index in [4.69, 9.17) is 4.43 Å². The molecule has 0 saturated heterocycles. The Morgan fingerprint density at radius 3 is 2.00 bits per heavy atom. The third-order valence-electron chi connectivity index (χ3n) is 9.05. The Bertz CT molecular complexity index is 1580. The summed E-state index contributed by atoms with van der Waals surface area (Å²) in [7, 11) is -6.66. The summed E-state index contributed by atoms with van der Waals surface area (Å²) in [6.45, 7) is 11.8. The van der Waals surface area contributed by atoms with Crippen molar-refractivity contribution >= 4 is 34.6 Å². The molecule has 3 aromatic rings. The number of hydrogen-bond acceptors (Lipinski definition) is 6. The van der Waals surface area contributed by atoms with E-state index < -0.39 is 36.1 Å². The van der Waals surface area contributed by atoms with E-state index in [2.05, 4.69) is 58.0 Å². The molecule has 0 amide bonds. The van der Waals surface area contributed by atoms with Crippen LogP contribution in [0.25, 0.3) is 6.08 Å². The number of rotatable bonds is 12. The van der Waals surface area contributed by atoms with Crippen molar-refractivity contribution in [2.75, 3.05) is 19.0 Å². The minimum absolute atomic E-state index is 0.0535. The predicted octanol–water partition coefficient (Wildman–Crippen LogP) is 5.61. The number of aliphatic hydroxyl groups excluding tert-OH is 2. The van der Waals surface area contributed by atoms with E-state index in [1.165, 1.54) is 0 Å².